The van der Waals surface area contributed by atoms with E-state index in [2.05, 4.69) is 9.72 Å². The third kappa shape index (κ3) is 2.93. The number of aromatic nitrogens is 1. The molecular weight excluding hydrogens is 224 g/mol. The van der Waals surface area contributed by atoms with Gasteiger partial charge < -0.3 is 14.7 Å². The van der Waals surface area contributed by atoms with Gasteiger partial charge in [-0.25, -0.2) is 14.6 Å². The Hall–Kier alpha value is -2.11. The molecule has 0 fully saturated rings. The Labute approximate surface area is 98.8 Å². The van der Waals surface area contributed by atoms with Crippen LogP contribution in [0.15, 0.2) is 18.2 Å². The van der Waals surface area contributed by atoms with Crippen molar-refractivity contribution in [3.05, 3.63) is 23.9 Å². The van der Waals surface area contributed by atoms with Crippen molar-refractivity contribution in [3.8, 4) is 0 Å². The second-order valence-electron chi connectivity index (χ2n) is 3.50. The van der Waals surface area contributed by atoms with Crippen molar-refractivity contribution in [2.75, 3.05) is 19.1 Å². The zero-order valence-electron chi connectivity index (χ0n) is 9.88. The lowest BCUT2D eigenvalue weighted by atomic mass is 10.3. The van der Waals surface area contributed by atoms with Gasteiger partial charge in [-0.2, -0.15) is 0 Å². The smallest absolute Gasteiger partial charge is 0.354 e. The van der Waals surface area contributed by atoms with Gasteiger partial charge in [-0.05, 0) is 19.1 Å². The average Bonchev–Trinajstić information content (AvgIpc) is 2.36. The lowest BCUT2D eigenvalue weighted by Gasteiger charge is -2.23. The Morgan fingerprint density at radius 2 is 2.12 bits per heavy atom. The van der Waals surface area contributed by atoms with Gasteiger partial charge in [-0.15, -0.1) is 0 Å². The number of hydrogen-bond acceptors (Lipinski definition) is 5. The van der Waals surface area contributed by atoms with E-state index in [9.17, 15) is 9.59 Å². The topological polar surface area (TPSA) is 79.7 Å². The number of aromatic carboxylic acids is 1. The average molecular weight is 238 g/mol. The number of ether oxygens (including phenoxy) is 1. The number of likely N-dealkylation sites (N-methyl/N-ethyl adjacent to an activating group) is 1. The Bertz CT molecular complexity index is 433. The summed E-state index contributed by atoms with van der Waals surface area (Å²) in [6, 6.07) is 4.07. The van der Waals surface area contributed by atoms with Crippen LogP contribution in [0.5, 0.6) is 0 Å². The number of carboxylic acids is 1. The van der Waals surface area contributed by atoms with E-state index in [1.54, 1.807) is 31.0 Å². The van der Waals surface area contributed by atoms with Crippen LogP contribution in [-0.4, -0.2) is 42.2 Å². The number of esters is 1. The van der Waals surface area contributed by atoms with E-state index >= 15 is 0 Å². The summed E-state index contributed by atoms with van der Waals surface area (Å²) in [5.74, 6) is -1.11. The summed E-state index contributed by atoms with van der Waals surface area (Å²) in [6.45, 7) is 1.65. The van der Waals surface area contributed by atoms with E-state index in [-0.39, 0.29) is 5.69 Å². The van der Waals surface area contributed by atoms with Crippen LogP contribution in [0.2, 0.25) is 0 Å². The molecule has 0 radical (unpaired) electrons. The highest BCUT2D eigenvalue weighted by Crippen LogP contribution is 2.13. The first-order valence-electron chi connectivity index (χ1n) is 4.98. The van der Waals surface area contributed by atoms with E-state index in [1.807, 2.05) is 0 Å². The van der Waals surface area contributed by atoms with Crippen LogP contribution in [-0.2, 0) is 9.53 Å². The minimum Gasteiger partial charge on any atom is -0.477 e. The van der Waals surface area contributed by atoms with E-state index in [0.29, 0.717) is 5.82 Å². The lowest BCUT2D eigenvalue weighted by molar-refractivity contribution is -0.141. The van der Waals surface area contributed by atoms with Crippen molar-refractivity contribution in [2.45, 2.75) is 13.0 Å². The maximum Gasteiger partial charge on any atom is 0.354 e. The minimum absolute atomic E-state index is 0.0635. The normalized spacial score (nSPS) is 11.7. The molecule has 6 heteroatoms. The number of hydrogen-bond donors (Lipinski definition) is 1. The monoisotopic (exact) mass is 238 g/mol. The number of carbonyl (C=O) groups excluding carboxylic acids is 1. The number of carboxylic acid groups (broad SMARTS) is 1. The molecule has 1 unspecified atom stereocenters. The highest BCUT2D eigenvalue weighted by molar-refractivity contribution is 5.86. The predicted octanol–water partition coefficient (Wildman–Crippen LogP) is 0.778. The lowest BCUT2D eigenvalue weighted by Crippen LogP contribution is -2.37. The van der Waals surface area contributed by atoms with Crippen molar-refractivity contribution < 1.29 is 19.4 Å². The molecule has 0 saturated carbocycles. The second kappa shape index (κ2) is 5.29. The van der Waals surface area contributed by atoms with Gasteiger partial charge in [0, 0.05) is 7.05 Å². The third-order valence-electron chi connectivity index (χ3n) is 2.44. The molecule has 17 heavy (non-hydrogen) atoms. The summed E-state index contributed by atoms with van der Waals surface area (Å²) >= 11 is 0. The Morgan fingerprint density at radius 3 is 2.65 bits per heavy atom. The summed E-state index contributed by atoms with van der Waals surface area (Å²) in [7, 11) is 2.95. The van der Waals surface area contributed by atoms with Crippen LogP contribution >= 0.6 is 0 Å². The molecule has 1 heterocycles. The summed E-state index contributed by atoms with van der Waals surface area (Å²) in [6.07, 6.45) is 0. The standard InChI is InChI=1S/C11H14N2O4/c1-7(11(16)17-3)13(2)9-6-4-5-8(12-9)10(14)15/h4-7H,1-3H3,(H,14,15). The quantitative estimate of drug-likeness (QED) is 0.781. The van der Waals surface area contributed by atoms with Crippen molar-refractivity contribution in [2.24, 2.45) is 0 Å². The molecule has 0 aliphatic heterocycles. The van der Waals surface area contributed by atoms with E-state index in [0.717, 1.165) is 0 Å². The SMILES string of the molecule is COC(=O)C(C)N(C)c1cccc(C(=O)O)n1. The number of nitrogens with zero attached hydrogens (tertiary/aromatic N) is 2. The first-order valence-corrected chi connectivity index (χ1v) is 4.98. The van der Waals surface area contributed by atoms with Crippen LogP contribution in [0.1, 0.15) is 17.4 Å². The summed E-state index contributed by atoms with van der Waals surface area (Å²) in [5, 5.41) is 8.81. The van der Waals surface area contributed by atoms with Gasteiger partial charge in [0.25, 0.3) is 0 Å². The summed E-state index contributed by atoms with van der Waals surface area (Å²) < 4.78 is 4.61. The first kappa shape index (κ1) is 13.0. The molecular formula is C11H14N2O4. The van der Waals surface area contributed by atoms with Crippen LogP contribution in [0.25, 0.3) is 0 Å². The Morgan fingerprint density at radius 1 is 1.47 bits per heavy atom. The maximum atomic E-state index is 11.3. The van der Waals surface area contributed by atoms with Crippen LogP contribution in [0.3, 0.4) is 0 Å². The number of rotatable bonds is 4. The second-order valence-corrected chi connectivity index (χ2v) is 3.50. The molecule has 1 aromatic heterocycles. The Balaban J connectivity index is 2.96. The fourth-order valence-corrected chi connectivity index (χ4v) is 1.27. The van der Waals surface area contributed by atoms with Gasteiger partial charge in [0.2, 0.25) is 0 Å². The summed E-state index contributed by atoms with van der Waals surface area (Å²) in [5.41, 5.74) is -0.0635. The predicted molar refractivity (Wildman–Crippen MR) is 61.1 cm³/mol. The van der Waals surface area contributed by atoms with Crippen molar-refractivity contribution in [1.82, 2.24) is 4.98 Å². The Kier molecular flexibility index (Phi) is 4.03. The zero-order chi connectivity index (χ0) is 13.0. The molecule has 0 bridgehead atoms. The van der Waals surface area contributed by atoms with Gasteiger partial charge >= 0.3 is 11.9 Å². The minimum atomic E-state index is -1.11. The number of anilines is 1. The molecule has 0 aliphatic rings. The molecule has 1 aromatic rings. The van der Waals surface area contributed by atoms with Gasteiger partial charge in [0.05, 0.1) is 7.11 Å². The van der Waals surface area contributed by atoms with Crippen molar-refractivity contribution in [3.63, 3.8) is 0 Å². The van der Waals surface area contributed by atoms with Crippen molar-refractivity contribution >= 4 is 17.8 Å². The van der Waals surface area contributed by atoms with Crippen LogP contribution in [0, 0.1) is 0 Å². The highest BCUT2D eigenvalue weighted by Gasteiger charge is 2.20. The van der Waals surface area contributed by atoms with Gasteiger partial charge in [-0.1, -0.05) is 6.07 Å². The van der Waals surface area contributed by atoms with Gasteiger partial charge in [0.1, 0.15) is 11.9 Å². The number of carbonyl (C=O) groups is 2. The molecule has 1 rings (SSSR count). The van der Waals surface area contributed by atoms with Crippen LogP contribution in [0.4, 0.5) is 5.82 Å². The molecule has 0 aliphatic carbocycles. The molecule has 0 aromatic carbocycles. The van der Waals surface area contributed by atoms with Gasteiger partial charge in [-0.3, -0.25) is 0 Å². The highest BCUT2D eigenvalue weighted by atomic mass is 16.5. The molecule has 1 atom stereocenters. The van der Waals surface area contributed by atoms with E-state index in [1.165, 1.54) is 13.2 Å². The molecule has 0 spiro atoms. The first-order chi connectivity index (χ1) is 7.97. The van der Waals surface area contributed by atoms with Crippen molar-refractivity contribution in [1.29, 1.82) is 0 Å². The van der Waals surface area contributed by atoms with Gasteiger partial charge in [0.15, 0.2) is 5.69 Å². The largest absolute Gasteiger partial charge is 0.477 e. The molecule has 0 amide bonds. The molecule has 92 valence electrons. The fraction of sp³-hybridized carbons (Fsp3) is 0.364. The van der Waals surface area contributed by atoms with Crippen LogP contribution < -0.4 is 4.90 Å². The number of methoxy groups -OCH3 is 1. The summed E-state index contributed by atoms with van der Waals surface area (Å²) in [4.78, 5) is 27.6. The maximum absolute atomic E-state index is 11.3. The third-order valence-corrected chi connectivity index (χ3v) is 2.44. The number of pyridine rings is 1. The van der Waals surface area contributed by atoms with E-state index < -0.39 is 18.0 Å². The zero-order valence-corrected chi connectivity index (χ0v) is 9.88. The molecule has 6 nitrogen and oxygen atoms in total. The fourth-order valence-electron chi connectivity index (χ4n) is 1.27. The molecule has 1 N–H and O–H groups in total. The molecule has 0 saturated heterocycles. The van der Waals surface area contributed by atoms with E-state index in [4.69, 9.17) is 5.11 Å².